The van der Waals surface area contributed by atoms with Gasteiger partial charge in [-0.3, -0.25) is 4.79 Å². The number of hydrogen-bond acceptors (Lipinski definition) is 4. The number of ether oxygens (including phenoxy) is 1. The van der Waals surface area contributed by atoms with E-state index in [1.807, 2.05) is 18.2 Å². The maximum atomic E-state index is 11.3. The molecule has 0 fully saturated rings. The number of carbonyl (C=O) groups is 1. The Bertz CT molecular complexity index is 388. The largest absolute Gasteiger partial charge is 0.460 e. The lowest BCUT2D eigenvalue weighted by Gasteiger charge is -2.08. The minimum Gasteiger partial charge on any atom is -0.460 e. The molecule has 0 spiro atoms. The number of benzene rings is 1. The van der Waals surface area contributed by atoms with Crippen molar-refractivity contribution >= 4 is 5.97 Å². The summed E-state index contributed by atoms with van der Waals surface area (Å²) in [7, 11) is 0. The highest BCUT2D eigenvalue weighted by atomic mass is 16.5. The van der Waals surface area contributed by atoms with Crippen molar-refractivity contribution in [2.75, 3.05) is 6.61 Å². The van der Waals surface area contributed by atoms with Crippen molar-refractivity contribution in [2.24, 2.45) is 5.11 Å². The van der Waals surface area contributed by atoms with Gasteiger partial charge in [0.05, 0.1) is 6.61 Å². The van der Waals surface area contributed by atoms with Crippen LogP contribution in [0.5, 0.6) is 0 Å². The molecule has 0 aliphatic carbocycles. The van der Waals surface area contributed by atoms with E-state index in [2.05, 4.69) is 10.0 Å². The fraction of sp³-hybridized carbons (Fsp3) is 0.300. The molecular weight excluding hydrogens is 210 g/mol. The molecule has 1 rings (SSSR count). The quantitative estimate of drug-likeness (QED) is 0.352. The van der Waals surface area contributed by atoms with Gasteiger partial charge in [0.2, 0.25) is 0 Å². The van der Waals surface area contributed by atoms with Crippen LogP contribution >= 0.6 is 0 Å². The van der Waals surface area contributed by atoms with Crippen LogP contribution < -0.4 is 0 Å². The van der Waals surface area contributed by atoms with Crippen molar-refractivity contribution in [1.29, 1.82) is 0 Å². The molecule has 0 bridgehead atoms. The summed E-state index contributed by atoms with van der Waals surface area (Å²) < 4.78 is 4.87. The van der Waals surface area contributed by atoms with Crippen LogP contribution in [-0.2, 0) is 16.1 Å². The molecule has 0 aliphatic heterocycles. The molecule has 1 aromatic carbocycles. The third-order valence-corrected chi connectivity index (χ3v) is 1.86. The minimum absolute atomic E-state index is 0.0944. The van der Waals surface area contributed by atoms with Gasteiger partial charge in [0, 0.05) is 4.91 Å². The molecule has 6 nitrogen and oxygen atoms in total. The standard InChI is InChI=1S/C10H11N3O3/c11-13-12-9(6-14)10(15)16-7-8-4-2-1-3-5-8/h1-5,9,14H,6-7H2/t9-/m1/s1. The molecule has 0 unspecified atom stereocenters. The van der Waals surface area contributed by atoms with E-state index in [-0.39, 0.29) is 6.61 Å². The third kappa shape index (κ3) is 3.61. The molecule has 0 aromatic heterocycles. The van der Waals surface area contributed by atoms with E-state index in [0.29, 0.717) is 0 Å². The monoisotopic (exact) mass is 221 g/mol. The predicted octanol–water partition coefficient (Wildman–Crippen LogP) is 1.40. The molecule has 0 aliphatic rings. The first kappa shape index (κ1) is 12.0. The Kier molecular flexibility index (Phi) is 4.85. The van der Waals surface area contributed by atoms with Crippen LogP contribution in [-0.4, -0.2) is 23.7 Å². The number of rotatable bonds is 5. The Morgan fingerprint density at radius 1 is 1.50 bits per heavy atom. The second-order valence-corrected chi connectivity index (χ2v) is 3.00. The topological polar surface area (TPSA) is 95.3 Å². The van der Waals surface area contributed by atoms with Crippen molar-refractivity contribution in [3.05, 3.63) is 46.3 Å². The molecule has 1 atom stereocenters. The summed E-state index contributed by atoms with van der Waals surface area (Å²) in [6, 6.07) is 7.92. The van der Waals surface area contributed by atoms with Crippen molar-refractivity contribution in [3.8, 4) is 0 Å². The molecule has 0 heterocycles. The van der Waals surface area contributed by atoms with E-state index in [9.17, 15) is 4.79 Å². The molecule has 84 valence electrons. The average molecular weight is 221 g/mol. The van der Waals surface area contributed by atoms with Crippen molar-refractivity contribution in [2.45, 2.75) is 12.6 Å². The van der Waals surface area contributed by atoms with Gasteiger partial charge in [-0.25, -0.2) is 0 Å². The lowest BCUT2D eigenvalue weighted by atomic mass is 10.2. The molecule has 6 heteroatoms. The maximum absolute atomic E-state index is 11.3. The third-order valence-electron chi connectivity index (χ3n) is 1.86. The summed E-state index contributed by atoms with van der Waals surface area (Å²) in [5.74, 6) is -0.732. The second kappa shape index (κ2) is 6.44. The van der Waals surface area contributed by atoms with E-state index in [1.54, 1.807) is 12.1 Å². The molecule has 0 amide bonds. The lowest BCUT2D eigenvalue weighted by Crippen LogP contribution is -2.24. The van der Waals surface area contributed by atoms with Crippen molar-refractivity contribution < 1.29 is 14.6 Å². The van der Waals surface area contributed by atoms with Gasteiger partial charge in [-0.15, -0.1) is 0 Å². The molecule has 16 heavy (non-hydrogen) atoms. The lowest BCUT2D eigenvalue weighted by molar-refractivity contribution is -0.147. The van der Waals surface area contributed by atoms with E-state index in [0.717, 1.165) is 5.56 Å². The smallest absolute Gasteiger partial charge is 0.317 e. The zero-order valence-corrected chi connectivity index (χ0v) is 8.48. The van der Waals surface area contributed by atoms with Crippen LogP contribution in [0.2, 0.25) is 0 Å². The normalized spacial score (nSPS) is 11.3. The van der Waals surface area contributed by atoms with Gasteiger partial charge in [0.15, 0.2) is 6.04 Å². The molecule has 1 N–H and O–H groups in total. The van der Waals surface area contributed by atoms with Crippen LogP contribution in [0.1, 0.15) is 5.56 Å². The number of carbonyl (C=O) groups excluding carboxylic acids is 1. The van der Waals surface area contributed by atoms with Crippen LogP contribution in [0.15, 0.2) is 35.4 Å². The van der Waals surface area contributed by atoms with Gasteiger partial charge >= 0.3 is 5.97 Å². The second-order valence-electron chi connectivity index (χ2n) is 3.00. The highest BCUT2D eigenvalue weighted by molar-refractivity contribution is 5.76. The van der Waals surface area contributed by atoms with Crippen LogP contribution in [0.25, 0.3) is 10.4 Å². The first-order chi connectivity index (χ1) is 7.77. The van der Waals surface area contributed by atoms with Crippen molar-refractivity contribution in [1.82, 2.24) is 0 Å². The van der Waals surface area contributed by atoms with E-state index in [1.165, 1.54) is 0 Å². The zero-order valence-electron chi connectivity index (χ0n) is 8.48. The van der Waals surface area contributed by atoms with Gasteiger partial charge < -0.3 is 9.84 Å². The summed E-state index contributed by atoms with van der Waals surface area (Å²) in [5.41, 5.74) is 8.97. The highest BCUT2D eigenvalue weighted by Gasteiger charge is 2.16. The van der Waals surface area contributed by atoms with Gasteiger partial charge in [0.25, 0.3) is 0 Å². The molecule has 1 aromatic rings. The summed E-state index contributed by atoms with van der Waals surface area (Å²) in [4.78, 5) is 13.7. The van der Waals surface area contributed by atoms with Gasteiger partial charge in [0.1, 0.15) is 6.61 Å². The number of nitrogens with zero attached hydrogens (tertiary/aromatic N) is 3. The molecule has 0 saturated carbocycles. The fourth-order valence-electron chi connectivity index (χ4n) is 1.05. The number of hydrogen-bond donors (Lipinski definition) is 1. The Hall–Kier alpha value is -2.04. The first-order valence-corrected chi connectivity index (χ1v) is 4.63. The average Bonchev–Trinajstić information content (AvgIpc) is 2.34. The summed E-state index contributed by atoms with van der Waals surface area (Å²) in [6.07, 6.45) is 0. The summed E-state index contributed by atoms with van der Waals surface area (Å²) in [5, 5.41) is 11.9. The zero-order chi connectivity index (χ0) is 11.8. The summed E-state index contributed by atoms with van der Waals surface area (Å²) >= 11 is 0. The van der Waals surface area contributed by atoms with Crippen LogP contribution in [0.4, 0.5) is 0 Å². The fourth-order valence-corrected chi connectivity index (χ4v) is 1.05. The van der Waals surface area contributed by atoms with Crippen LogP contribution in [0, 0.1) is 0 Å². The van der Waals surface area contributed by atoms with Gasteiger partial charge in [-0.05, 0) is 11.1 Å². The molecular formula is C10H11N3O3. The molecule has 0 saturated heterocycles. The van der Waals surface area contributed by atoms with Crippen LogP contribution in [0.3, 0.4) is 0 Å². The Morgan fingerprint density at radius 2 is 2.19 bits per heavy atom. The minimum atomic E-state index is -1.17. The Labute approximate surface area is 92.1 Å². The van der Waals surface area contributed by atoms with Gasteiger partial charge in [-0.2, -0.15) is 0 Å². The van der Waals surface area contributed by atoms with E-state index in [4.69, 9.17) is 15.4 Å². The SMILES string of the molecule is [N-]=[N+]=N[C@H](CO)C(=O)OCc1ccccc1. The number of aliphatic hydroxyl groups excluding tert-OH is 1. The number of aliphatic hydroxyl groups is 1. The Morgan fingerprint density at radius 3 is 2.75 bits per heavy atom. The Balaban J connectivity index is 2.49. The van der Waals surface area contributed by atoms with Crippen molar-refractivity contribution in [3.63, 3.8) is 0 Å². The number of azide groups is 1. The first-order valence-electron chi connectivity index (χ1n) is 4.63. The maximum Gasteiger partial charge on any atom is 0.317 e. The predicted molar refractivity (Wildman–Crippen MR) is 56.3 cm³/mol. The van der Waals surface area contributed by atoms with E-state index >= 15 is 0 Å². The molecule has 0 radical (unpaired) electrons. The van der Waals surface area contributed by atoms with E-state index < -0.39 is 18.6 Å². The van der Waals surface area contributed by atoms with Gasteiger partial charge in [-0.1, -0.05) is 35.4 Å². The summed E-state index contributed by atoms with van der Waals surface area (Å²) in [6.45, 7) is -0.463. The number of esters is 1. The highest BCUT2D eigenvalue weighted by Crippen LogP contribution is 2.03.